The van der Waals surface area contributed by atoms with E-state index in [0.717, 1.165) is 0 Å². The fraction of sp³-hybridized carbons (Fsp3) is 0.273. The minimum Gasteiger partial charge on any atom is -0.248 e. The molecule has 1 saturated heterocycles. The van der Waals surface area contributed by atoms with Crippen molar-refractivity contribution < 1.29 is 0 Å². The Hall–Kier alpha value is -2.30. The summed E-state index contributed by atoms with van der Waals surface area (Å²) < 4.78 is 3.13. The molecule has 6 rings (SSSR count). The van der Waals surface area contributed by atoms with E-state index in [1.54, 1.807) is 11.1 Å². The molecule has 0 unspecified atom stereocenters. The second-order valence-corrected chi connectivity index (χ2v) is 14.9. The molecular formula is C33H35NP2. The lowest BCUT2D eigenvalue weighted by atomic mass is 10.0. The molecule has 4 aromatic rings. The summed E-state index contributed by atoms with van der Waals surface area (Å²) in [6.07, 6.45) is 7.96. The van der Waals surface area contributed by atoms with Gasteiger partial charge >= 0.3 is 0 Å². The van der Waals surface area contributed by atoms with E-state index in [1.807, 2.05) is 0 Å². The van der Waals surface area contributed by atoms with Gasteiger partial charge in [-0.05, 0) is 55.5 Å². The summed E-state index contributed by atoms with van der Waals surface area (Å²) in [6, 6.07) is 46.4. The van der Waals surface area contributed by atoms with Crippen molar-refractivity contribution in [2.24, 2.45) is 0 Å². The van der Waals surface area contributed by atoms with Crippen LogP contribution in [0.3, 0.4) is 0 Å². The molecule has 0 N–H and O–H groups in total. The zero-order valence-corrected chi connectivity index (χ0v) is 22.7. The van der Waals surface area contributed by atoms with Crippen molar-refractivity contribution in [3.05, 3.63) is 132 Å². The summed E-state index contributed by atoms with van der Waals surface area (Å²) >= 11 is 0. The third kappa shape index (κ3) is 4.95. The third-order valence-corrected chi connectivity index (χ3v) is 14.5. The van der Waals surface area contributed by atoms with E-state index in [1.165, 1.54) is 49.1 Å². The van der Waals surface area contributed by atoms with Crippen molar-refractivity contribution in [3.63, 3.8) is 0 Å². The zero-order valence-electron chi connectivity index (χ0n) is 20.9. The van der Waals surface area contributed by atoms with E-state index in [-0.39, 0.29) is 0 Å². The van der Waals surface area contributed by atoms with Gasteiger partial charge in [0.1, 0.15) is 0 Å². The summed E-state index contributed by atoms with van der Waals surface area (Å²) in [5, 5.41) is 3.00. The number of rotatable bonds is 7. The van der Waals surface area contributed by atoms with Gasteiger partial charge in [-0.1, -0.05) is 134 Å². The van der Waals surface area contributed by atoms with Crippen LogP contribution in [0.5, 0.6) is 0 Å². The van der Waals surface area contributed by atoms with Crippen LogP contribution in [0.25, 0.3) is 0 Å². The number of hydrogen-bond acceptors (Lipinski definition) is 1. The average molecular weight is 508 g/mol. The predicted octanol–water partition coefficient (Wildman–Crippen LogP) is 8.95. The van der Waals surface area contributed by atoms with E-state index >= 15 is 0 Å². The molecule has 182 valence electrons. The lowest BCUT2D eigenvalue weighted by Gasteiger charge is -2.46. The molecule has 3 heteroatoms. The van der Waals surface area contributed by atoms with E-state index in [2.05, 4.69) is 126 Å². The standard InChI is InChI=1S/C33H35NP2/c1-5-15-27(16-6-1)32-25-26-33(28-17-7-2-8-18-28)36(32)34(29-19-13-14-20-29)35(30-21-9-3-10-22-30)31-23-11-4-12-24-31/h1-12,15-18,21-24,29,32-33H,13-14,19-20,25-26H2/t32-,33-/m0/s1. The van der Waals surface area contributed by atoms with Crippen molar-refractivity contribution in [1.29, 1.82) is 0 Å². The zero-order chi connectivity index (χ0) is 24.2. The first-order valence-corrected chi connectivity index (χ1v) is 16.2. The van der Waals surface area contributed by atoms with Crippen LogP contribution in [-0.2, 0) is 0 Å². The predicted molar refractivity (Wildman–Crippen MR) is 158 cm³/mol. The molecule has 0 radical (unpaired) electrons. The van der Waals surface area contributed by atoms with Gasteiger partial charge < -0.3 is 0 Å². The van der Waals surface area contributed by atoms with E-state index < -0.39 is 16.1 Å². The Bertz CT molecular complexity index is 1120. The van der Waals surface area contributed by atoms with Crippen LogP contribution < -0.4 is 10.6 Å². The molecule has 4 aromatic carbocycles. The molecule has 1 nitrogen and oxygen atoms in total. The number of nitrogens with zero attached hydrogens (tertiary/aromatic N) is 1. The Labute approximate surface area is 219 Å². The molecule has 1 heterocycles. The Balaban J connectivity index is 1.53. The molecule has 2 atom stereocenters. The lowest BCUT2D eigenvalue weighted by molar-refractivity contribution is 0.499. The van der Waals surface area contributed by atoms with Crippen LogP contribution in [0.1, 0.15) is 61.0 Å². The Morgan fingerprint density at radius 3 is 1.31 bits per heavy atom. The summed E-state index contributed by atoms with van der Waals surface area (Å²) in [5.41, 5.74) is 4.32. The minimum atomic E-state index is -0.608. The SMILES string of the molecule is c1ccc([C@@H]2CC[C@@H](c3ccccc3)P2N(C2CCCC2)P(c2ccccc2)c2ccccc2)cc1. The van der Waals surface area contributed by atoms with Gasteiger partial charge in [0.2, 0.25) is 0 Å². The van der Waals surface area contributed by atoms with Gasteiger partial charge in [-0.3, -0.25) is 0 Å². The quantitative estimate of drug-likeness (QED) is 0.226. The second kappa shape index (κ2) is 11.4. The van der Waals surface area contributed by atoms with Gasteiger partial charge in [-0.25, -0.2) is 4.44 Å². The van der Waals surface area contributed by atoms with Gasteiger partial charge in [0.25, 0.3) is 0 Å². The summed E-state index contributed by atoms with van der Waals surface area (Å²) in [4.78, 5) is 0. The van der Waals surface area contributed by atoms with Crippen molar-refractivity contribution >= 4 is 26.8 Å². The van der Waals surface area contributed by atoms with Crippen LogP contribution in [-0.4, -0.2) is 10.5 Å². The highest BCUT2D eigenvalue weighted by Gasteiger charge is 2.47. The third-order valence-electron chi connectivity index (χ3n) is 7.82. The number of hydrogen-bond donors (Lipinski definition) is 0. The molecule has 0 bridgehead atoms. The molecule has 0 amide bonds. The maximum absolute atomic E-state index is 3.13. The van der Waals surface area contributed by atoms with Crippen molar-refractivity contribution in [2.45, 2.75) is 55.9 Å². The molecule has 1 aliphatic carbocycles. The van der Waals surface area contributed by atoms with Gasteiger partial charge in [-0.15, -0.1) is 0 Å². The van der Waals surface area contributed by atoms with Crippen LogP contribution in [0.2, 0.25) is 0 Å². The van der Waals surface area contributed by atoms with Crippen molar-refractivity contribution in [3.8, 4) is 0 Å². The normalized spacial score (nSPS) is 20.9. The highest BCUT2D eigenvalue weighted by atomic mass is 31.2. The maximum atomic E-state index is 3.13. The maximum Gasteiger partial charge on any atom is 0.0321 e. The summed E-state index contributed by atoms with van der Waals surface area (Å²) in [6.45, 7) is 0. The first kappa shape index (κ1) is 24.1. The van der Waals surface area contributed by atoms with Gasteiger partial charge in [-0.2, -0.15) is 0 Å². The molecule has 1 saturated carbocycles. The average Bonchev–Trinajstić information content (AvgIpc) is 3.65. The lowest BCUT2D eigenvalue weighted by Crippen LogP contribution is -2.33. The van der Waals surface area contributed by atoms with Gasteiger partial charge in [0, 0.05) is 25.4 Å². The molecular weight excluding hydrogens is 472 g/mol. The highest BCUT2D eigenvalue weighted by Crippen LogP contribution is 2.77. The van der Waals surface area contributed by atoms with Crippen LogP contribution >= 0.6 is 16.1 Å². The van der Waals surface area contributed by atoms with E-state index in [0.29, 0.717) is 17.4 Å². The van der Waals surface area contributed by atoms with Crippen LogP contribution in [0.4, 0.5) is 0 Å². The van der Waals surface area contributed by atoms with Gasteiger partial charge in [0.05, 0.1) is 0 Å². The van der Waals surface area contributed by atoms with Gasteiger partial charge in [0.15, 0.2) is 0 Å². The minimum absolute atomic E-state index is 0.423. The Morgan fingerprint density at radius 2 is 0.889 bits per heavy atom. The summed E-state index contributed by atoms with van der Waals surface area (Å²) in [5.74, 6) is 0. The smallest absolute Gasteiger partial charge is 0.0321 e. The van der Waals surface area contributed by atoms with Crippen molar-refractivity contribution in [2.75, 3.05) is 0 Å². The van der Waals surface area contributed by atoms with Crippen LogP contribution in [0.15, 0.2) is 121 Å². The molecule has 36 heavy (non-hydrogen) atoms. The van der Waals surface area contributed by atoms with E-state index in [9.17, 15) is 0 Å². The highest BCUT2D eigenvalue weighted by molar-refractivity contribution is 7.79. The Morgan fingerprint density at radius 1 is 0.500 bits per heavy atom. The molecule has 1 aliphatic heterocycles. The van der Waals surface area contributed by atoms with Crippen LogP contribution in [0, 0.1) is 0 Å². The fourth-order valence-electron chi connectivity index (χ4n) is 6.19. The monoisotopic (exact) mass is 507 g/mol. The second-order valence-electron chi connectivity index (χ2n) is 10.1. The topological polar surface area (TPSA) is 3.24 Å². The molecule has 0 spiro atoms. The first-order chi connectivity index (χ1) is 17.9. The Kier molecular flexibility index (Phi) is 7.62. The largest absolute Gasteiger partial charge is 0.248 e. The molecule has 2 fully saturated rings. The molecule has 2 aliphatic rings. The van der Waals surface area contributed by atoms with E-state index in [4.69, 9.17) is 0 Å². The molecule has 0 aromatic heterocycles. The van der Waals surface area contributed by atoms with Crippen molar-refractivity contribution in [1.82, 2.24) is 4.44 Å². The number of benzene rings is 4. The fourth-order valence-corrected chi connectivity index (χ4v) is 14.0. The summed E-state index contributed by atoms with van der Waals surface area (Å²) in [7, 11) is -1.03. The first-order valence-electron chi connectivity index (χ1n) is 13.5.